The van der Waals surface area contributed by atoms with Gasteiger partial charge in [-0.3, -0.25) is 4.98 Å². The van der Waals surface area contributed by atoms with Crippen LogP contribution in [0.3, 0.4) is 0 Å². The monoisotopic (exact) mass is 256 g/mol. The average molecular weight is 256 g/mol. The van der Waals surface area contributed by atoms with Crippen molar-refractivity contribution in [1.29, 1.82) is 0 Å². The van der Waals surface area contributed by atoms with Gasteiger partial charge in [-0.25, -0.2) is 8.91 Å². The van der Waals surface area contributed by atoms with Crippen LogP contribution in [0.15, 0.2) is 49.1 Å². The number of halogens is 1. The van der Waals surface area contributed by atoms with Crippen molar-refractivity contribution in [2.75, 3.05) is 7.05 Å². The first kappa shape index (κ1) is 11.8. The Labute approximate surface area is 109 Å². The Kier molecular flexibility index (Phi) is 2.97. The molecular weight excluding hydrogens is 243 g/mol. The maximum Gasteiger partial charge on any atom is 0.128 e. The zero-order valence-electron chi connectivity index (χ0n) is 10.4. The van der Waals surface area contributed by atoms with Crippen molar-refractivity contribution >= 4 is 5.52 Å². The van der Waals surface area contributed by atoms with Gasteiger partial charge in [0.2, 0.25) is 0 Å². The number of hydrogen-bond acceptors (Lipinski definition) is 3. The molecule has 0 spiro atoms. The first-order chi connectivity index (χ1) is 9.31. The molecule has 2 aromatic heterocycles. The lowest BCUT2D eigenvalue weighted by atomic mass is 10.00. The van der Waals surface area contributed by atoms with E-state index in [1.807, 2.05) is 6.07 Å². The number of hydrogen-bond donors (Lipinski definition) is 1. The minimum absolute atomic E-state index is 0.231. The van der Waals surface area contributed by atoms with E-state index in [4.69, 9.17) is 0 Å². The number of fused-ring (bicyclic) bond motifs is 1. The molecule has 19 heavy (non-hydrogen) atoms. The van der Waals surface area contributed by atoms with Crippen molar-refractivity contribution in [2.24, 2.45) is 0 Å². The molecule has 0 aliphatic heterocycles. The van der Waals surface area contributed by atoms with Crippen molar-refractivity contribution in [3.63, 3.8) is 0 Å². The number of nitrogens with one attached hydrogen (secondary N) is 1. The number of nitrogens with zero attached hydrogens (tertiary/aromatic N) is 3. The maximum absolute atomic E-state index is 13.9. The summed E-state index contributed by atoms with van der Waals surface area (Å²) >= 11 is 0. The van der Waals surface area contributed by atoms with Crippen LogP contribution in [0, 0.1) is 5.82 Å². The van der Waals surface area contributed by atoms with Crippen LogP contribution in [0.5, 0.6) is 0 Å². The van der Waals surface area contributed by atoms with E-state index in [-0.39, 0.29) is 11.9 Å². The van der Waals surface area contributed by atoms with Gasteiger partial charge in [0.1, 0.15) is 5.82 Å². The molecule has 1 atom stereocenters. The molecule has 0 saturated carbocycles. The fraction of sp³-hybridized carbons (Fsp3) is 0.143. The van der Waals surface area contributed by atoms with Crippen LogP contribution in [0.25, 0.3) is 5.52 Å². The van der Waals surface area contributed by atoms with E-state index in [1.165, 1.54) is 6.07 Å². The first-order valence-electron chi connectivity index (χ1n) is 6.00. The van der Waals surface area contributed by atoms with Crippen molar-refractivity contribution in [1.82, 2.24) is 19.9 Å². The standard InChI is InChI=1S/C14H13FN4/c1-16-14(10-4-2-3-5-12(10)15)11-8-18-19-7-6-17-9-13(11)19/h2-9,14,16H,1H3. The van der Waals surface area contributed by atoms with Gasteiger partial charge in [-0.15, -0.1) is 0 Å². The summed E-state index contributed by atoms with van der Waals surface area (Å²) in [6, 6.07) is 6.50. The molecule has 0 fully saturated rings. The lowest BCUT2D eigenvalue weighted by Gasteiger charge is -2.16. The molecule has 0 aliphatic carbocycles. The van der Waals surface area contributed by atoms with Crippen LogP contribution in [0.1, 0.15) is 17.2 Å². The fourth-order valence-corrected chi connectivity index (χ4v) is 2.26. The van der Waals surface area contributed by atoms with Gasteiger partial charge in [0.05, 0.1) is 24.0 Å². The van der Waals surface area contributed by atoms with E-state index in [2.05, 4.69) is 15.4 Å². The van der Waals surface area contributed by atoms with Gasteiger partial charge in [0, 0.05) is 23.5 Å². The summed E-state index contributed by atoms with van der Waals surface area (Å²) in [5.41, 5.74) is 2.37. The summed E-state index contributed by atoms with van der Waals surface area (Å²) < 4.78 is 15.7. The Morgan fingerprint density at radius 2 is 2.05 bits per heavy atom. The highest BCUT2D eigenvalue weighted by molar-refractivity contribution is 5.55. The van der Waals surface area contributed by atoms with Gasteiger partial charge in [-0.1, -0.05) is 18.2 Å². The van der Waals surface area contributed by atoms with Crippen molar-refractivity contribution in [2.45, 2.75) is 6.04 Å². The smallest absolute Gasteiger partial charge is 0.128 e. The minimum atomic E-state index is -0.247. The molecule has 3 aromatic rings. The van der Waals surface area contributed by atoms with Crippen LogP contribution in [-0.2, 0) is 0 Å². The number of benzene rings is 1. The normalized spacial score (nSPS) is 12.7. The zero-order valence-corrected chi connectivity index (χ0v) is 10.4. The highest BCUT2D eigenvalue weighted by atomic mass is 19.1. The number of aromatic nitrogens is 3. The third kappa shape index (κ3) is 1.98. The van der Waals surface area contributed by atoms with E-state index in [1.54, 1.807) is 48.5 Å². The Bertz CT molecular complexity index is 707. The molecule has 1 unspecified atom stereocenters. The second kappa shape index (κ2) is 4.78. The second-order valence-electron chi connectivity index (χ2n) is 4.25. The van der Waals surface area contributed by atoms with Crippen molar-refractivity contribution in [3.05, 3.63) is 66.0 Å². The molecular formula is C14H13FN4. The number of rotatable bonds is 3. The maximum atomic E-state index is 13.9. The van der Waals surface area contributed by atoms with E-state index in [9.17, 15) is 4.39 Å². The molecule has 3 rings (SSSR count). The van der Waals surface area contributed by atoms with E-state index >= 15 is 0 Å². The van der Waals surface area contributed by atoms with Crippen molar-refractivity contribution < 1.29 is 4.39 Å². The highest BCUT2D eigenvalue weighted by Crippen LogP contribution is 2.26. The quantitative estimate of drug-likeness (QED) is 0.781. The molecule has 0 aliphatic rings. The summed E-state index contributed by atoms with van der Waals surface area (Å²) in [6.07, 6.45) is 6.91. The molecule has 0 amide bonds. The molecule has 1 N–H and O–H groups in total. The van der Waals surface area contributed by atoms with Crippen LogP contribution in [0.2, 0.25) is 0 Å². The summed E-state index contributed by atoms with van der Waals surface area (Å²) in [4.78, 5) is 4.10. The summed E-state index contributed by atoms with van der Waals surface area (Å²) in [5.74, 6) is -0.231. The molecule has 0 saturated heterocycles. The second-order valence-corrected chi connectivity index (χ2v) is 4.25. The lowest BCUT2D eigenvalue weighted by molar-refractivity contribution is 0.577. The van der Waals surface area contributed by atoms with Gasteiger partial charge in [0.25, 0.3) is 0 Å². The minimum Gasteiger partial charge on any atom is -0.309 e. The Hall–Kier alpha value is -2.27. The summed E-state index contributed by atoms with van der Waals surface area (Å²) in [7, 11) is 1.80. The molecule has 2 heterocycles. The molecule has 4 nitrogen and oxygen atoms in total. The largest absolute Gasteiger partial charge is 0.309 e. The van der Waals surface area contributed by atoms with Gasteiger partial charge in [-0.05, 0) is 13.1 Å². The van der Waals surface area contributed by atoms with Gasteiger partial charge in [-0.2, -0.15) is 5.10 Å². The third-order valence-corrected chi connectivity index (χ3v) is 3.17. The van der Waals surface area contributed by atoms with Gasteiger partial charge in [0.15, 0.2) is 0 Å². The third-order valence-electron chi connectivity index (χ3n) is 3.17. The Balaban J connectivity index is 2.15. The summed E-state index contributed by atoms with van der Waals surface area (Å²) in [5, 5.41) is 7.39. The Morgan fingerprint density at radius 3 is 2.84 bits per heavy atom. The summed E-state index contributed by atoms with van der Waals surface area (Å²) in [6.45, 7) is 0. The lowest BCUT2D eigenvalue weighted by Crippen LogP contribution is -2.18. The SMILES string of the molecule is CNC(c1ccccc1F)c1cnn2ccncc12. The van der Waals surface area contributed by atoms with E-state index in [0.717, 1.165) is 11.1 Å². The van der Waals surface area contributed by atoms with E-state index < -0.39 is 0 Å². The fourth-order valence-electron chi connectivity index (χ4n) is 2.26. The first-order valence-corrected chi connectivity index (χ1v) is 6.00. The Morgan fingerprint density at radius 1 is 1.21 bits per heavy atom. The van der Waals surface area contributed by atoms with Crippen LogP contribution in [-0.4, -0.2) is 21.6 Å². The molecule has 5 heteroatoms. The predicted octanol–water partition coefficient (Wildman–Crippen LogP) is 2.18. The average Bonchev–Trinajstić information content (AvgIpc) is 2.86. The van der Waals surface area contributed by atoms with Crippen LogP contribution < -0.4 is 5.32 Å². The van der Waals surface area contributed by atoms with Gasteiger partial charge < -0.3 is 5.32 Å². The highest BCUT2D eigenvalue weighted by Gasteiger charge is 2.19. The molecule has 96 valence electrons. The van der Waals surface area contributed by atoms with Crippen LogP contribution >= 0.6 is 0 Å². The molecule has 1 aromatic carbocycles. The van der Waals surface area contributed by atoms with Crippen molar-refractivity contribution in [3.8, 4) is 0 Å². The molecule has 0 radical (unpaired) electrons. The zero-order chi connectivity index (χ0) is 13.2. The van der Waals surface area contributed by atoms with Gasteiger partial charge >= 0.3 is 0 Å². The van der Waals surface area contributed by atoms with E-state index in [0.29, 0.717) is 5.56 Å². The molecule has 0 bridgehead atoms. The topological polar surface area (TPSA) is 42.2 Å². The van der Waals surface area contributed by atoms with Crippen LogP contribution in [0.4, 0.5) is 4.39 Å². The predicted molar refractivity (Wildman–Crippen MR) is 70.3 cm³/mol.